The zero-order valence-electron chi connectivity index (χ0n) is 18.4. The molecule has 5 rings (SSSR count). The molecule has 1 nitrogen and oxygen atoms in total. The Balaban J connectivity index is 1.35. The van der Waals surface area contributed by atoms with Crippen molar-refractivity contribution >= 4 is 11.4 Å². The molecule has 0 heterocycles. The smallest absolute Gasteiger partial charge is 0.0387 e. The van der Waals surface area contributed by atoms with Crippen LogP contribution >= 0.6 is 0 Å². The van der Waals surface area contributed by atoms with Gasteiger partial charge in [0.05, 0.1) is 0 Å². The molecule has 3 aromatic rings. The molecule has 30 heavy (non-hydrogen) atoms. The molecule has 1 fully saturated rings. The van der Waals surface area contributed by atoms with Crippen LogP contribution in [-0.4, -0.2) is 0 Å². The van der Waals surface area contributed by atoms with Gasteiger partial charge in [-0.15, -0.1) is 0 Å². The normalized spacial score (nSPS) is 18.2. The number of hydrogen-bond donors (Lipinski definition) is 1. The molecule has 0 aliphatic heterocycles. The van der Waals surface area contributed by atoms with E-state index in [1.807, 2.05) is 0 Å². The zero-order valence-corrected chi connectivity index (χ0v) is 18.4. The fourth-order valence-corrected chi connectivity index (χ4v) is 5.58. The third kappa shape index (κ3) is 3.55. The minimum Gasteiger partial charge on any atom is -0.356 e. The number of hydrogen-bond acceptors (Lipinski definition) is 1. The highest BCUT2D eigenvalue weighted by Gasteiger charge is 2.35. The van der Waals surface area contributed by atoms with Crippen LogP contribution in [0.15, 0.2) is 66.7 Å². The highest BCUT2D eigenvalue weighted by atomic mass is 14.9. The van der Waals surface area contributed by atoms with Gasteiger partial charge in [-0.25, -0.2) is 0 Å². The number of rotatable bonds is 3. The van der Waals surface area contributed by atoms with Gasteiger partial charge < -0.3 is 5.32 Å². The molecule has 1 saturated carbocycles. The summed E-state index contributed by atoms with van der Waals surface area (Å²) in [5.41, 5.74) is 9.53. The molecular formula is C29H33N. The fourth-order valence-electron chi connectivity index (χ4n) is 5.58. The Kier molecular flexibility index (Phi) is 5.15. The van der Waals surface area contributed by atoms with Crippen molar-refractivity contribution in [2.24, 2.45) is 0 Å². The van der Waals surface area contributed by atoms with Gasteiger partial charge in [0.2, 0.25) is 0 Å². The van der Waals surface area contributed by atoms with Crippen molar-refractivity contribution in [1.29, 1.82) is 0 Å². The maximum atomic E-state index is 3.65. The Bertz CT molecular complexity index is 1020. The summed E-state index contributed by atoms with van der Waals surface area (Å²) in [4.78, 5) is 0. The second-order valence-corrected chi connectivity index (χ2v) is 9.72. The molecule has 0 spiro atoms. The van der Waals surface area contributed by atoms with Gasteiger partial charge in [0, 0.05) is 16.8 Å². The van der Waals surface area contributed by atoms with Crippen molar-refractivity contribution in [3.63, 3.8) is 0 Å². The van der Waals surface area contributed by atoms with E-state index in [-0.39, 0.29) is 5.41 Å². The summed E-state index contributed by atoms with van der Waals surface area (Å²) in [6.45, 7) is 4.68. The topological polar surface area (TPSA) is 12.0 Å². The van der Waals surface area contributed by atoms with Crippen LogP contribution in [0.2, 0.25) is 0 Å². The van der Waals surface area contributed by atoms with Crippen molar-refractivity contribution in [2.45, 2.75) is 70.1 Å². The van der Waals surface area contributed by atoms with Gasteiger partial charge in [0.1, 0.15) is 0 Å². The molecule has 0 saturated heterocycles. The van der Waals surface area contributed by atoms with Crippen molar-refractivity contribution in [3.05, 3.63) is 83.4 Å². The van der Waals surface area contributed by atoms with E-state index in [0.29, 0.717) is 0 Å². The molecule has 0 bridgehead atoms. The first kappa shape index (κ1) is 19.4. The summed E-state index contributed by atoms with van der Waals surface area (Å²) in [5.74, 6) is 0.749. The highest BCUT2D eigenvalue weighted by Crippen LogP contribution is 2.49. The minimum absolute atomic E-state index is 0.0473. The Morgan fingerprint density at radius 2 is 1.30 bits per heavy atom. The highest BCUT2D eigenvalue weighted by molar-refractivity contribution is 5.82. The van der Waals surface area contributed by atoms with E-state index in [0.717, 1.165) is 5.92 Å². The summed E-state index contributed by atoms with van der Waals surface area (Å²) in [7, 11) is 0. The third-order valence-corrected chi connectivity index (χ3v) is 7.36. The van der Waals surface area contributed by atoms with E-state index in [1.165, 1.54) is 84.1 Å². The van der Waals surface area contributed by atoms with Gasteiger partial charge in [-0.2, -0.15) is 0 Å². The van der Waals surface area contributed by atoms with Crippen LogP contribution in [0.25, 0.3) is 11.1 Å². The molecular weight excluding hydrogens is 362 g/mol. The molecule has 3 aromatic carbocycles. The van der Waals surface area contributed by atoms with Crippen molar-refractivity contribution < 1.29 is 0 Å². The summed E-state index contributed by atoms with van der Waals surface area (Å²) < 4.78 is 0. The second-order valence-electron chi connectivity index (χ2n) is 9.72. The van der Waals surface area contributed by atoms with Crippen LogP contribution in [0.4, 0.5) is 11.4 Å². The van der Waals surface area contributed by atoms with E-state index in [2.05, 4.69) is 85.9 Å². The first-order valence-electron chi connectivity index (χ1n) is 11.7. The van der Waals surface area contributed by atoms with Crippen LogP contribution in [0.1, 0.15) is 81.4 Å². The van der Waals surface area contributed by atoms with Gasteiger partial charge in [-0.05, 0) is 70.8 Å². The van der Waals surface area contributed by atoms with Crippen LogP contribution in [0.5, 0.6) is 0 Å². The summed E-state index contributed by atoms with van der Waals surface area (Å²) in [5, 5.41) is 3.65. The maximum Gasteiger partial charge on any atom is 0.0387 e. The first-order valence-corrected chi connectivity index (χ1v) is 11.7. The Morgan fingerprint density at radius 1 is 0.667 bits per heavy atom. The second kappa shape index (κ2) is 7.95. The summed E-state index contributed by atoms with van der Waals surface area (Å²) in [6.07, 6.45) is 9.73. The SMILES string of the molecule is CC1(C)c2ccccc2-c2ccc(Nc3ccc(C4CCCCCCC4)cc3)cc21. The lowest BCUT2D eigenvalue weighted by molar-refractivity contribution is 0.455. The molecule has 2 aliphatic carbocycles. The Labute approximate surface area is 181 Å². The molecule has 2 aliphatic rings. The molecule has 0 radical (unpaired) electrons. The third-order valence-electron chi connectivity index (χ3n) is 7.36. The van der Waals surface area contributed by atoms with Crippen LogP contribution in [-0.2, 0) is 5.41 Å². The number of fused-ring (bicyclic) bond motifs is 3. The molecule has 0 unspecified atom stereocenters. The van der Waals surface area contributed by atoms with E-state index >= 15 is 0 Å². The van der Waals surface area contributed by atoms with Crippen LogP contribution < -0.4 is 5.32 Å². The lowest BCUT2D eigenvalue weighted by Gasteiger charge is -2.22. The number of anilines is 2. The Hall–Kier alpha value is -2.54. The lowest BCUT2D eigenvalue weighted by Crippen LogP contribution is -2.15. The van der Waals surface area contributed by atoms with E-state index in [1.54, 1.807) is 0 Å². The van der Waals surface area contributed by atoms with Gasteiger partial charge >= 0.3 is 0 Å². The van der Waals surface area contributed by atoms with E-state index in [9.17, 15) is 0 Å². The lowest BCUT2D eigenvalue weighted by atomic mass is 9.82. The van der Waals surface area contributed by atoms with Crippen molar-refractivity contribution in [3.8, 4) is 11.1 Å². The van der Waals surface area contributed by atoms with Gasteiger partial charge in [-0.1, -0.05) is 88.4 Å². The fraction of sp³-hybridized carbons (Fsp3) is 0.379. The molecule has 0 aromatic heterocycles. The zero-order chi connectivity index (χ0) is 20.6. The van der Waals surface area contributed by atoms with E-state index < -0.39 is 0 Å². The number of benzene rings is 3. The van der Waals surface area contributed by atoms with Crippen molar-refractivity contribution in [1.82, 2.24) is 0 Å². The van der Waals surface area contributed by atoms with Crippen LogP contribution in [0, 0.1) is 0 Å². The monoisotopic (exact) mass is 395 g/mol. The molecule has 0 atom stereocenters. The predicted octanol–water partition coefficient (Wildman–Crippen LogP) is 8.56. The van der Waals surface area contributed by atoms with E-state index in [4.69, 9.17) is 0 Å². The quantitative estimate of drug-likeness (QED) is 0.468. The van der Waals surface area contributed by atoms with Crippen molar-refractivity contribution in [2.75, 3.05) is 5.32 Å². The predicted molar refractivity (Wildman–Crippen MR) is 129 cm³/mol. The summed E-state index contributed by atoms with van der Waals surface area (Å²) in [6, 6.07) is 24.9. The van der Waals surface area contributed by atoms with Gasteiger partial charge in [0.15, 0.2) is 0 Å². The van der Waals surface area contributed by atoms with Gasteiger partial charge in [-0.3, -0.25) is 0 Å². The standard InChI is InChI=1S/C29H33N/c1-29(2)27-13-9-8-12-25(27)26-19-18-24(20-28(26)29)30-23-16-14-22(15-17-23)21-10-6-4-3-5-7-11-21/h8-9,12-21,30H,3-7,10-11H2,1-2H3. The average molecular weight is 396 g/mol. The molecule has 1 N–H and O–H groups in total. The molecule has 154 valence electrons. The minimum atomic E-state index is 0.0473. The van der Waals surface area contributed by atoms with Gasteiger partial charge in [0.25, 0.3) is 0 Å². The largest absolute Gasteiger partial charge is 0.356 e. The number of nitrogens with one attached hydrogen (secondary N) is 1. The summed E-state index contributed by atoms with van der Waals surface area (Å²) >= 11 is 0. The Morgan fingerprint density at radius 3 is 2.07 bits per heavy atom. The average Bonchev–Trinajstić information content (AvgIpc) is 2.96. The van der Waals surface area contributed by atoms with Crippen LogP contribution in [0.3, 0.4) is 0 Å². The molecule has 0 amide bonds. The molecule has 1 heteroatoms. The maximum absolute atomic E-state index is 3.65. The first-order chi connectivity index (χ1) is 14.6.